The van der Waals surface area contributed by atoms with Crippen molar-refractivity contribution in [1.29, 1.82) is 0 Å². The van der Waals surface area contributed by atoms with Gasteiger partial charge in [0.05, 0.1) is 4.92 Å². The van der Waals surface area contributed by atoms with Crippen molar-refractivity contribution in [1.82, 2.24) is 5.32 Å². The lowest BCUT2D eigenvalue weighted by molar-refractivity contribution is -0.383. The molecule has 0 fully saturated rings. The van der Waals surface area contributed by atoms with Gasteiger partial charge < -0.3 is 11.1 Å². The van der Waals surface area contributed by atoms with Crippen molar-refractivity contribution in [2.24, 2.45) is 0 Å². The van der Waals surface area contributed by atoms with Gasteiger partial charge in [0.15, 0.2) is 0 Å². The molecule has 0 radical (unpaired) electrons. The Balaban J connectivity index is 2.10. The monoisotopic (exact) mass is 319 g/mol. The minimum atomic E-state index is -0.596. The first-order chi connectivity index (χ1) is 10.3. The van der Waals surface area contributed by atoms with Crippen LogP contribution < -0.4 is 11.1 Å². The van der Waals surface area contributed by atoms with Crippen molar-refractivity contribution in [3.05, 3.63) is 56.3 Å². The van der Waals surface area contributed by atoms with E-state index in [0.29, 0.717) is 6.54 Å². The van der Waals surface area contributed by atoms with E-state index in [-0.39, 0.29) is 28.3 Å². The summed E-state index contributed by atoms with van der Waals surface area (Å²) in [4.78, 5) is 23.6. The highest BCUT2D eigenvalue weighted by molar-refractivity contribution is 7.10. The Morgan fingerprint density at radius 2 is 2.14 bits per heavy atom. The zero-order valence-electron chi connectivity index (χ0n) is 12.3. The highest BCUT2D eigenvalue weighted by atomic mass is 32.1. The number of anilines is 1. The van der Waals surface area contributed by atoms with Crippen LogP contribution in [-0.2, 0) is 5.41 Å². The number of rotatable bonds is 5. The largest absolute Gasteiger partial charge is 0.393 e. The molecular formula is C15H17N3O3S. The Morgan fingerprint density at radius 1 is 1.41 bits per heavy atom. The van der Waals surface area contributed by atoms with Crippen molar-refractivity contribution >= 4 is 28.6 Å². The van der Waals surface area contributed by atoms with Crippen LogP contribution in [0.15, 0.2) is 35.7 Å². The van der Waals surface area contributed by atoms with E-state index in [9.17, 15) is 14.9 Å². The Labute approximate surface area is 132 Å². The third-order valence-electron chi connectivity index (χ3n) is 3.37. The summed E-state index contributed by atoms with van der Waals surface area (Å²) in [5.41, 5.74) is 5.33. The van der Waals surface area contributed by atoms with E-state index < -0.39 is 4.92 Å². The van der Waals surface area contributed by atoms with Crippen LogP contribution in [-0.4, -0.2) is 17.4 Å². The first-order valence-corrected chi connectivity index (χ1v) is 7.55. The number of nitrogen functional groups attached to an aromatic ring is 1. The molecule has 2 aromatic rings. The van der Waals surface area contributed by atoms with Crippen molar-refractivity contribution in [3.63, 3.8) is 0 Å². The molecular weight excluding hydrogens is 302 g/mol. The minimum absolute atomic E-state index is 0.0421. The molecule has 7 heteroatoms. The smallest absolute Gasteiger partial charge is 0.292 e. The van der Waals surface area contributed by atoms with Gasteiger partial charge in [-0.2, -0.15) is 0 Å². The Hall–Kier alpha value is -2.41. The number of carbonyl (C=O) groups excluding carboxylic acids is 1. The molecule has 6 nitrogen and oxygen atoms in total. The van der Waals surface area contributed by atoms with Gasteiger partial charge >= 0.3 is 0 Å². The van der Waals surface area contributed by atoms with Gasteiger partial charge in [0.1, 0.15) is 5.69 Å². The van der Waals surface area contributed by atoms with Crippen molar-refractivity contribution < 1.29 is 9.72 Å². The summed E-state index contributed by atoms with van der Waals surface area (Å²) in [5.74, 6) is -0.354. The van der Waals surface area contributed by atoms with Gasteiger partial charge in [0, 0.05) is 28.5 Å². The third-order valence-corrected chi connectivity index (χ3v) is 4.60. The number of nitrogens with one attached hydrogen (secondary N) is 1. The first kappa shape index (κ1) is 16.0. The second kappa shape index (κ2) is 6.15. The summed E-state index contributed by atoms with van der Waals surface area (Å²) < 4.78 is 0. The fourth-order valence-electron chi connectivity index (χ4n) is 2.00. The highest BCUT2D eigenvalue weighted by Crippen LogP contribution is 2.27. The molecule has 22 heavy (non-hydrogen) atoms. The summed E-state index contributed by atoms with van der Waals surface area (Å²) in [6, 6.07) is 8.04. The maximum atomic E-state index is 12.2. The molecule has 2 rings (SSSR count). The summed E-state index contributed by atoms with van der Waals surface area (Å²) in [6.07, 6.45) is 0. The second-order valence-corrected chi connectivity index (χ2v) is 6.52. The second-order valence-electron chi connectivity index (χ2n) is 5.57. The van der Waals surface area contributed by atoms with Crippen molar-refractivity contribution in [2.75, 3.05) is 12.3 Å². The van der Waals surface area contributed by atoms with Crippen LogP contribution in [0.5, 0.6) is 0 Å². The van der Waals surface area contributed by atoms with E-state index >= 15 is 0 Å². The zero-order valence-corrected chi connectivity index (χ0v) is 13.1. The molecule has 0 spiro atoms. The number of benzene rings is 1. The normalized spacial score (nSPS) is 11.2. The number of nitrogens with two attached hydrogens (primary N) is 1. The maximum absolute atomic E-state index is 12.2. The van der Waals surface area contributed by atoms with Gasteiger partial charge in [-0.3, -0.25) is 14.9 Å². The Kier molecular flexibility index (Phi) is 4.46. The van der Waals surface area contributed by atoms with Crippen LogP contribution >= 0.6 is 11.3 Å². The Morgan fingerprint density at radius 3 is 2.73 bits per heavy atom. The van der Waals surface area contributed by atoms with Gasteiger partial charge in [-0.15, -0.1) is 11.3 Å². The number of nitro benzene ring substituents is 1. The maximum Gasteiger partial charge on any atom is 0.292 e. The van der Waals surface area contributed by atoms with E-state index in [1.165, 1.54) is 18.2 Å². The topological polar surface area (TPSA) is 98.3 Å². The predicted molar refractivity (Wildman–Crippen MR) is 87.2 cm³/mol. The molecule has 0 aliphatic rings. The lowest BCUT2D eigenvalue weighted by Gasteiger charge is -2.23. The predicted octanol–water partition coefficient (Wildman–Crippen LogP) is 2.95. The summed E-state index contributed by atoms with van der Waals surface area (Å²) in [6.45, 7) is 4.50. The van der Waals surface area contributed by atoms with Crippen LogP contribution in [0, 0.1) is 10.1 Å². The zero-order chi connectivity index (χ0) is 16.3. The fourth-order valence-corrected chi connectivity index (χ4v) is 2.85. The SMILES string of the molecule is CC(C)(CNC(=O)c1ccc(N)c([N+](=O)[O-])c1)c1cccs1. The van der Waals surface area contributed by atoms with Crippen LogP contribution in [0.3, 0.4) is 0 Å². The number of thiophene rings is 1. The van der Waals surface area contributed by atoms with E-state index in [1.54, 1.807) is 11.3 Å². The Bertz CT molecular complexity index is 696. The van der Waals surface area contributed by atoms with E-state index in [0.717, 1.165) is 4.88 Å². The molecule has 3 N–H and O–H groups in total. The van der Waals surface area contributed by atoms with E-state index in [2.05, 4.69) is 5.32 Å². The molecule has 0 saturated carbocycles. The number of carbonyl (C=O) groups is 1. The van der Waals surface area contributed by atoms with Gasteiger partial charge in [-0.25, -0.2) is 0 Å². The number of hydrogen-bond donors (Lipinski definition) is 2. The number of amides is 1. The number of hydrogen-bond acceptors (Lipinski definition) is 5. The third kappa shape index (κ3) is 3.43. The molecule has 0 unspecified atom stereocenters. The average molecular weight is 319 g/mol. The molecule has 1 amide bonds. The standard InChI is InChI=1S/C15H17N3O3S/c1-15(2,13-4-3-7-22-13)9-17-14(19)10-5-6-11(16)12(8-10)18(20)21/h3-8H,9,16H2,1-2H3,(H,17,19). The van der Waals surface area contributed by atoms with E-state index in [4.69, 9.17) is 5.73 Å². The van der Waals surface area contributed by atoms with Gasteiger partial charge in [-0.05, 0) is 23.6 Å². The first-order valence-electron chi connectivity index (χ1n) is 6.67. The van der Waals surface area contributed by atoms with Crippen molar-refractivity contribution in [3.8, 4) is 0 Å². The van der Waals surface area contributed by atoms with Crippen LogP contribution in [0.1, 0.15) is 29.1 Å². The lowest BCUT2D eigenvalue weighted by Crippen LogP contribution is -2.36. The number of nitrogens with zero attached hydrogens (tertiary/aromatic N) is 1. The van der Waals surface area contributed by atoms with Gasteiger partial charge in [-0.1, -0.05) is 19.9 Å². The molecule has 0 aliphatic heterocycles. The fraction of sp³-hybridized carbons (Fsp3) is 0.267. The molecule has 0 saturated heterocycles. The molecule has 0 atom stereocenters. The highest BCUT2D eigenvalue weighted by Gasteiger charge is 2.23. The quantitative estimate of drug-likeness (QED) is 0.503. The molecule has 1 aromatic carbocycles. The van der Waals surface area contributed by atoms with Gasteiger partial charge in [0.2, 0.25) is 0 Å². The molecule has 0 aliphatic carbocycles. The van der Waals surface area contributed by atoms with E-state index in [1.807, 2.05) is 31.4 Å². The summed E-state index contributed by atoms with van der Waals surface area (Å²) >= 11 is 1.63. The molecule has 1 aromatic heterocycles. The molecule has 0 bridgehead atoms. The van der Waals surface area contributed by atoms with Crippen LogP contribution in [0.2, 0.25) is 0 Å². The lowest BCUT2D eigenvalue weighted by atomic mass is 9.91. The summed E-state index contributed by atoms with van der Waals surface area (Å²) in [5, 5.41) is 15.7. The average Bonchev–Trinajstić information content (AvgIpc) is 3.00. The van der Waals surface area contributed by atoms with Gasteiger partial charge in [0.25, 0.3) is 11.6 Å². The van der Waals surface area contributed by atoms with Crippen molar-refractivity contribution in [2.45, 2.75) is 19.3 Å². The molecule has 1 heterocycles. The summed E-state index contributed by atoms with van der Waals surface area (Å²) in [7, 11) is 0. The number of nitro groups is 1. The van der Waals surface area contributed by atoms with Crippen LogP contribution in [0.25, 0.3) is 0 Å². The van der Waals surface area contributed by atoms with Crippen LogP contribution in [0.4, 0.5) is 11.4 Å². The minimum Gasteiger partial charge on any atom is -0.393 e. The molecule has 116 valence electrons.